The number of aliphatic hydroxyl groups excluding tert-OH is 1. The van der Waals surface area contributed by atoms with E-state index in [2.05, 4.69) is 36.2 Å². The van der Waals surface area contributed by atoms with Crippen LogP contribution in [0.2, 0.25) is 5.02 Å². The molecule has 0 spiro atoms. The molecule has 0 aliphatic heterocycles. The highest BCUT2D eigenvalue weighted by Gasteiger charge is 2.18. The van der Waals surface area contributed by atoms with E-state index < -0.39 is 6.10 Å². The molecule has 0 bridgehead atoms. The zero-order chi connectivity index (χ0) is 23.8. The van der Waals surface area contributed by atoms with Crippen molar-refractivity contribution in [1.82, 2.24) is 14.1 Å². The average molecular weight is 470 g/mol. The fourth-order valence-electron chi connectivity index (χ4n) is 4.30. The van der Waals surface area contributed by atoms with Crippen LogP contribution in [-0.4, -0.2) is 19.2 Å². The zero-order valence-corrected chi connectivity index (χ0v) is 19.7. The predicted octanol–water partition coefficient (Wildman–Crippen LogP) is 5.49. The molecule has 0 saturated heterocycles. The van der Waals surface area contributed by atoms with Gasteiger partial charge in [0.1, 0.15) is 6.10 Å². The van der Waals surface area contributed by atoms with Crippen molar-refractivity contribution in [3.05, 3.63) is 123 Å². The molecule has 6 heteroatoms. The molecule has 0 saturated carbocycles. The number of aromatic nitrogens is 3. The lowest BCUT2D eigenvalue weighted by Gasteiger charge is -2.17. The molecular weight excluding hydrogens is 446 g/mol. The van der Waals surface area contributed by atoms with Crippen molar-refractivity contribution in [2.75, 3.05) is 0 Å². The maximum Gasteiger partial charge on any atom is 0.251 e. The number of halogens is 1. The first-order chi connectivity index (χ1) is 16.4. The van der Waals surface area contributed by atoms with Crippen LogP contribution in [0.3, 0.4) is 0 Å². The van der Waals surface area contributed by atoms with Crippen molar-refractivity contribution >= 4 is 22.5 Å². The third-order valence-electron chi connectivity index (χ3n) is 6.22. The van der Waals surface area contributed by atoms with E-state index in [0.717, 1.165) is 33.2 Å². The Morgan fingerprint density at radius 1 is 1.03 bits per heavy atom. The highest BCUT2D eigenvalue weighted by atomic mass is 35.5. The molecule has 34 heavy (non-hydrogen) atoms. The van der Waals surface area contributed by atoms with Crippen molar-refractivity contribution in [2.45, 2.75) is 19.6 Å². The van der Waals surface area contributed by atoms with Crippen LogP contribution in [0.4, 0.5) is 0 Å². The summed E-state index contributed by atoms with van der Waals surface area (Å²) in [4.78, 5) is 16.9. The van der Waals surface area contributed by atoms with Crippen LogP contribution >= 0.6 is 11.6 Å². The van der Waals surface area contributed by atoms with Crippen LogP contribution in [0.5, 0.6) is 0 Å². The van der Waals surface area contributed by atoms with E-state index >= 15 is 0 Å². The van der Waals surface area contributed by atoms with Crippen LogP contribution in [-0.2, 0) is 13.6 Å². The Morgan fingerprint density at radius 2 is 1.82 bits per heavy atom. The van der Waals surface area contributed by atoms with Gasteiger partial charge in [-0.1, -0.05) is 59.6 Å². The first-order valence-corrected chi connectivity index (χ1v) is 11.4. The quantitative estimate of drug-likeness (QED) is 0.370. The largest absolute Gasteiger partial charge is 0.382 e. The number of aryl methyl sites for hydroxylation is 2. The van der Waals surface area contributed by atoms with Crippen LogP contribution in [0, 0.1) is 6.92 Å². The number of fused-ring (bicyclic) bond motifs is 1. The fourth-order valence-corrected chi connectivity index (χ4v) is 4.49. The van der Waals surface area contributed by atoms with E-state index in [1.54, 1.807) is 36.3 Å². The normalized spacial score (nSPS) is 12.2. The number of pyridine rings is 1. The number of aliphatic hydroxyl groups is 1. The van der Waals surface area contributed by atoms with Gasteiger partial charge in [0.05, 0.1) is 23.7 Å². The Bertz CT molecular complexity index is 1550. The summed E-state index contributed by atoms with van der Waals surface area (Å²) in [6.45, 7) is 2.67. The second-order valence-corrected chi connectivity index (χ2v) is 9.01. The van der Waals surface area contributed by atoms with Gasteiger partial charge in [-0.2, -0.15) is 0 Å². The molecule has 0 radical (unpaired) electrons. The molecule has 0 aliphatic carbocycles. The van der Waals surface area contributed by atoms with Gasteiger partial charge in [0, 0.05) is 30.1 Å². The third kappa shape index (κ3) is 4.16. The minimum atomic E-state index is -0.873. The van der Waals surface area contributed by atoms with Crippen molar-refractivity contribution in [3.8, 4) is 11.1 Å². The maximum absolute atomic E-state index is 12.6. The number of hydrogen-bond acceptors (Lipinski definition) is 3. The van der Waals surface area contributed by atoms with Gasteiger partial charge in [0.15, 0.2) is 0 Å². The molecule has 0 aliphatic rings. The summed E-state index contributed by atoms with van der Waals surface area (Å²) >= 11 is 6.23. The predicted molar refractivity (Wildman–Crippen MR) is 136 cm³/mol. The van der Waals surface area contributed by atoms with E-state index in [0.29, 0.717) is 17.3 Å². The van der Waals surface area contributed by atoms with Crippen molar-refractivity contribution < 1.29 is 5.11 Å². The zero-order valence-electron chi connectivity index (χ0n) is 18.9. The van der Waals surface area contributed by atoms with E-state index in [1.165, 1.54) is 5.56 Å². The summed E-state index contributed by atoms with van der Waals surface area (Å²) in [5.41, 5.74) is 6.08. The summed E-state index contributed by atoms with van der Waals surface area (Å²) in [7, 11) is 1.75. The van der Waals surface area contributed by atoms with Gasteiger partial charge < -0.3 is 14.2 Å². The second-order valence-electron chi connectivity index (χ2n) is 8.58. The Kier molecular flexibility index (Phi) is 5.82. The molecule has 1 atom stereocenters. The van der Waals surface area contributed by atoms with E-state index in [-0.39, 0.29) is 5.56 Å². The van der Waals surface area contributed by atoms with E-state index in [9.17, 15) is 9.90 Å². The van der Waals surface area contributed by atoms with Crippen molar-refractivity contribution in [1.29, 1.82) is 0 Å². The van der Waals surface area contributed by atoms with Gasteiger partial charge in [0.25, 0.3) is 5.56 Å². The van der Waals surface area contributed by atoms with E-state index in [4.69, 9.17) is 11.6 Å². The van der Waals surface area contributed by atoms with Crippen LogP contribution in [0.1, 0.15) is 28.5 Å². The molecule has 170 valence electrons. The third-order valence-corrected chi connectivity index (χ3v) is 6.46. The second kappa shape index (κ2) is 8.93. The van der Waals surface area contributed by atoms with E-state index in [1.807, 2.05) is 41.0 Å². The Labute approximate surface area is 202 Å². The number of imidazole rings is 1. The molecule has 2 aromatic heterocycles. The van der Waals surface area contributed by atoms with Gasteiger partial charge in [-0.3, -0.25) is 4.79 Å². The lowest BCUT2D eigenvalue weighted by atomic mass is 9.97. The number of rotatable bonds is 5. The van der Waals surface area contributed by atoms with Gasteiger partial charge in [-0.05, 0) is 53.4 Å². The lowest BCUT2D eigenvalue weighted by Crippen LogP contribution is -2.16. The van der Waals surface area contributed by atoms with Gasteiger partial charge in [0.2, 0.25) is 0 Å². The molecule has 2 heterocycles. The Hall–Kier alpha value is -3.67. The molecule has 5 aromatic rings. The molecule has 5 nitrogen and oxygen atoms in total. The summed E-state index contributed by atoms with van der Waals surface area (Å²) in [5, 5.41) is 12.8. The van der Waals surface area contributed by atoms with Crippen molar-refractivity contribution in [3.63, 3.8) is 0 Å². The minimum Gasteiger partial charge on any atom is -0.382 e. The fraction of sp³-hybridized carbons (Fsp3) is 0.143. The molecule has 1 N–H and O–H groups in total. The Morgan fingerprint density at radius 3 is 2.59 bits per heavy atom. The molecule has 0 fully saturated rings. The SMILES string of the molecule is Cc1ccc(Cn2cncc2C(O)c2ccc3c(c2)c(-c2cccc(Cl)c2)cc(=O)n3C)cc1. The molecule has 5 rings (SSSR count). The van der Waals surface area contributed by atoms with Crippen LogP contribution in [0.25, 0.3) is 22.0 Å². The summed E-state index contributed by atoms with van der Waals surface area (Å²) in [5.74, 6) is 0. The first kappa shape index (κ1) is 22.1. The lowest BCUT2D eigenvalue weighted by molar-refractivity contribution is 0.210. The molecule has 1 unspecified atom stereocenters. The Balaban J connectivity index is 1.58. The summed E-state index contributed by atoms with van der Waals surface area (Å²) in [6, 6.07) is 23.1. The van der Waals surface area contributed by atoms with Gasteiger partial charge in [-0.25, -0.2) is 4.98 Å². The summed E-state index contributed by atoms with van der Waals surface area (Å²) in [6.07, 6.45) is 2.56. The van der Waals surface area contributed by atoms with Gasteiger partial charge >= 0.3 is 0 Å². The minimum absolute atomic E-state index is 0.105. The monoisotopic (exact) mass is 469 g/mol. The standard InChI is InChI=1S/C28H24ClN3O2/c1-18-6-8-19(9-7-18)16-32-17-30-15-26(32)28(34)21-10-11-25-24(13-21)23(14-27(33)31(25)2)20-4-3-5-22(29)12-20/h3-15,17,28,34H,16H2,1-2H3. The smallest absolute Gasteiger partial charge is 0.251 e. The number of hydrogen-bond donors (Lipinski definition) is 1. The molecule has 0 amide bonds. The molecule has 3 aromatic carbocycles. The maximum atomic E-state index is 12.6. The van der Waals surface area contributed by atoms with Crippen molar-refractivity contribution in [2.24, 2.45) is 7.05 Å². The van der Waals surface area contributed by atoms with Crippen LogP contribution < -0.4 is 5.56 Å². The number of benzene rings is 3. The van der Waals surface area contributed by atoms with Gasteiger partial charge in [-0.15, -0.1) is 0 Å². The highest BCUT2D eigenvalue weighted by Crippen LogP contribution is 2.32. The average Bonchev–Trinajstić information content (AvgIpc) is 3.30. The molecular formula is C28H24ClN3O2. The van der Waals surface area contributed by atoms with Crippen LogP contribution in [0.15, 0.2) is 90.1 Å². The first-order valence-electron chi connectivity index (χ1n) is 11.0. The highest BCUT2D eigenvalue weighted by molar-refractivity contribution is 6.30. The summed E-state index contributed by atoms with van der Waals surface area (Å²) < 4.78 is 3.57. The number of nitrogens with zero attached hydrogens (tertiary/aromatic N) is 3. The topological polar surface area (TPSA) is 60.0 Å².